The Hall–Kier alpha value is -3.01. The number of carbonyl (C=O) groups is 1. The third-order valence-corrected chi connectivity index (χ3v) is 5.62. The van der Waals surface area contributed by atoms with Gasteiger partial charge in [0.15, 0.2) is 17.6 Å². The Morgan fingerprint density at radius 3 is 2.50 bits per heavy atom. The second kappa shape index (κ2) is 5.99. The van der Waals surface area contributed by atoms with Crippen LogP contribution >= 0.6 is 0 Å². The highest BCUT2D eigenvalue weighted by Gasteiger charge is 2.42. The van der Waals surface area contributed by atoms with E-state index in [1.807, 2.05) is 48.5 Å². The number of ketones is 1. The maximum Gasteiger partial charge on any atom is 0.182 e. The minimum Gasteiger partial charge on any atom is -0.497 e. The van der Waals surface area contributed by atoms with Gasteiger partial charge in [-0.3, -0.25) is 4.79 Å². The zero-order valence-electron chi connectivity index (χ0n) is 16.2. The molecule has 5 rings (SSSR count). The molecular weight excluding hydrogens is 352 g/mol. The first-order valence-corrected chi connectivity index (χ1v) is 9.55. The standard InChI is InChI=1S/C24H22O4/c1-24(2)12-17(25)21-19(13-24)28-23-20(21)16-6-4-5-7-18(16)27-22(23)14-8-10-15(26-3)11-9-14/h4-11,22H,12-13H2,1-3H3. The molecule has 0 fully saturated rings. The molecule has 1 aromatic heterocycles. The van der Waals surface area contributed by atoms with Gasteiger partial charge in [-0.2, -0.15) is 0 Å². The van der Waals surface area contributed by atoms with Crippen molar-refractivity contribution in [2.45, 2.75) is 32.8 Å². The first kappa shape index (κ1) is 17.1. The molecule has 1 aliphatic carbocycles. The lowest BCUT2D eigenvalue weighted by molar-refractivity contribution is 0.0903. The van der Waals surface area contributed by atoms with E-state index in [9.17, 15) is 4.79 Å². The van der Waals surface area contributed by atoms with Crippen molar-refractivity contribution in [2.24, 2.45) is 5.41 Å². The minimum atomic E-state index is -0.391. The highest BCUT2D eigenvalue weighted by atomic mass is 16.5. The van der Waals surface area contributed by atoms with Crippen LogP contribution in [0.1, 0.15) is 53.8 Å². The molecule has 4 nitrogen and oxygen atoms in total. The number of furan rings is 1. The molecule has 0 N–H and O–H groups in total. The molecule has 2 heterocycles. The smallest absolute Gasteiger partial charge is 0.182 e. The number of ether oxygens (including phenoxy) is 2. The van der Waals surface area contributed by atoms with E-state index >= 15 is 0 Å². The molecule has 2 aromatic carbocycles. The normalized spacial score (nSPS) is 19.2. The van der Waals surface area contributed by atoms with Crippen molar-refractivity contribution in [2.75, 3.05) is 7.11 Å². The van der Waals surface area contributed by atoms with Crippen molar-refractivity contribution < 1.29 is 18.7 Å². The quantitative estimate of drug-likeness (QED) is 0.586. The van der Waals surface area contributed by atoms with Crippen molar-refractivity contribution in [3.63, 3.8) is 0 Å². The zero-order chi connectivity index (χ0) is 19.5. The number of para-hydroxylation sites is 1. The Morgan fingerprint density at radius 1 is 1.00 bits per heavy atom. The van der Waals surface area contributed by atoms with E-state index in [1.165, 1.54) is 0 Å². The molecule has 1 atom stereocenters. The molecule has 0 saturated heterocycles. The van der Waals surface area contributed by atoms with Crippen LogP contribution in [0.15, 0.2) is 52.9 Å². The van der Waals surface area contributed by atoms with Gasteiger partial charge in [0.1, 0.15) is 17.3 Å². The topological polar surface area (TPSA) is 48.7 Å². The van der Waals surface area contributed by atoms with Crippen LogP contribution in [0.3, 0.4) is 0 Å². The van der Waals surface area contributed by atoms with Crippen LogP contribution in [-0.2, 0) is 6.42 Å². The van der Waals surface area contributed by atoms with E-state index in [4.69, 9.17) is 13.9 Å². The minimum absolute atomic E-state index is 0.0967. The molecule has 0 spiro atoms. The number of fused-ring (bicyclic) bond motifs is 5. The predicted octanol–water partition coefficient (Wildman–Crippen LogP) is 5.59. The Bertz CT molecular complexity index is 1070. The number of rotatable bonds is 2. The van der Waals surface area contributed by atoms with Gasteiger partial charge in [-0.05, 0) is 23.6 Å². The van der Waals surface area contributed by atoms with Gasteiger partial charge in [0, 0.05) is 29.5 Å². The van der Waals surface area contributed by atoms with E-state index in [0.717, 1.165) is 51.7 Å². The second-order valence-corrected chi connectivity index (χ2v) is 8.35. The molecule has 1 unspecified atom stereocenters. The third kappa shape index (κ3) is 2.55. The van der Waals surface area contributed by atoms with Crippen LogP contribution in [-0.4, -0.2) is 12.9 Å². The molecule has 28 heavy (non-hydrogen) atoms. The molecule has 3 aromatic rings. The number of hydrogen-bond donors (Lipinski definition) is 0. The lowest BCUT2D eigenvalue weighted by Crippen LogP contribution is -2.26. The van der Waals surface area contributed by atoms with Gasteiger partial charge in [0.25, 0.3) is 0 Å². The molecule has 0 radical (unpaired) electrons. The summed E-state index contributed by atoms with van der Waals surface area (Å²) < 4.78 is 18.0. The largest absolute Gasteiger partial charge is 0.497 e. The number of methoxy groups -OCH3 is 1. The number of benzene rings is 2. The van der Waals surface area contributed by atoms with Gasteiger partial charge in [0.05, 0.1) is 12.7 Å². The fraction of sp³-hybridized carbons (Fsp3) is 0.292. The summed E-state index contributed by atoms with van der Waals surface area (Å²) >= 11 is 0. The highest BCUT2D eigenvalue weighted by molar-refractivity contribution is 6.06. The van der Waals surface area contributed by atoms with Crippen molar-refractivity contribution in [1.82, 2.24) is 0 Å². The molecular formula is C24H22O4. The summed E-state index contributed by atoms with van der Waals surface area (Å²) in [6, 6.07) is 15.7. The SMILES string of the molecule is COc1ccc(C2Oc3ccccc3-c3c2oc2c3C(=O)CC(C)(C)C2)cc1. The van der Waals surface area contributed by atoms with Crippen molar-refractivity contribution in [1.29, 1.82) is 0 Å². The first-order valence-electron chi connectivity index (χ1n) is 9.55. The molecule has 2 aliphatic rings. The van der Waals surface area contributed by atoms with Crippen LogP contribution < -0.4 is 9.47 Å². The summed E-state index contributed by atoms with van der Waals surface area (Å²) in [5, 5.41) is 0. The maximum atomic E-state index is 13.1. The molecule has 0 bridgehead atoms. The lowest BCUT2D eigenvalue weighted by Gasteiger charge is -2.28. The number of Topliss-reactive ketones (excluding diaryl/α,β-unsaturated/α-hetero) is 1. The van der Waals surface area contributed by atoms with Gasteiger partial charge in [-0.15, -0.1) is 0 Å². The highest BCUT2D eigenvalue weighted by Crippen LogP contribution is 2.51. The van der Waals surface area contributed by atoms with Crippen molar-refractivity contribution >= 4 is 5.78 Å². The Morgan fingerprint density at radius 2 is 1.75 bits per heavy atom. The molecule has 0 saturated carbocycles. The van der Waals surface area contributed by atoms with Gasteiger partial charge < -0.3 is 13.9 Å². The summed E-state index contributed by atoms with van der Waals surface area (Å²) in [5.41, 5.74) is 3.44. The van der Waals surface area contributed by atoms with E-state index in [-0.39, 0.29) is 11.2 Å². The molecule has 0 amide bonds. The summed E-state index contributed by atoms with van der Waals surface area (Å²) in [7, 11) is 1.65. The average molecular weight is 374 g/mol. The number of carbonyl (C=O) groups excluding carboxylic acids is 1. The van der Waals surface area contributed by atoms with Crippen LogP contribution in [0.4, 0.5) is 0 Å². The summed E-state index contributed by atoms with van der Waals surface area (Å²) in [4.78, 5) is 13.1. The van der Waals surface area contributed by atoms with E-state index in [2.05, 4.69) is 13.8 Å². The summed E-state index contributed by atoms with van der Waals surface area (Å²) in [6.45, 7) is 4.22. The van der Waals surface area contributed by atoms with Gasteiger partial charge >= 0.3 is 0 Å². The lowest BCUT2D eigenvalue weighted by atomic mass is 9.75. The van der Waals surface area contributed by atoms with Crippen LogP contribution in [0, 0.1) is 5.41 Å². The third-order valence-electron chi connectivity index (χ3n) is 5.62. The predicted molar refractivity (Wildman–Crippen MR) is 106 cm³/mol. The average Bonchev–Trinajstić information content (AvgIpc) is 3.06. The van der Waals surface area contributed by atoms with Crippen molar-refractivity contribution in [3.05, 3.63) is 71.2 Å². The summed E-state index contributed by atoms with van der Waals surface area (Å²) in [6.07, 6.45) is 0.887. The molecule has 1 aliphatic heterocycles. The fourth-order valence-corrected chi connectivity index (χ4v) is 4.34. The number of hydrogen-bond acceptors (Lipinski definition) is 4. The summed E-state index contributed by atoms with van der Waals surface area (Å²) in [5.74, 6) is 3.22. The van der Waals surface area contributed by atoms with E-state index in [1.54, 1.807) is 7.11 Å². The maximum absolute atomic E-state index is 13.1. The Balaban J connectivity index is 1.72. The van der Waals surface area contributed by atoms with Gasteiger partial charge in [0.2, 0.25) is 0 Å². The first-order chi connectivity index (χ1) is 13.5. The Labute approximate surface area is 164 Å². The zero-order valence-corrected chi connectivity index (χ0v) is 16.2. The van der Waals surface area contributed by atoms with Gasteiger partial charge in [-0.1, -0.05) is 44.2 Å². The second-order valence-electron chi connectivity index (χ2n) is 8.35. The molecule has 4 heteroatoms. The van der Waals surface area contributed by atoms with E-state index < -0.39 is 6.10 Å². The van der Waals surface area contributed by atoms with Crippen LogP contribution in [0.25, 0.3) is 11.1 Å². The van der Waals surface area contributed by atoms with Crippen molar-refractivity contribution in [3.8, 4) is 22.6 Å². The fourth-order valence-electron chi connectivity index (χ4n) is 4.34. The van der Waals surface area contributed by atoms with Crippen LogP contribution in [0.5, 0.6) is 11.5 Å². The monoisotopic (exact) mass is 374 g/mol. The Kier molecular flexibility index (Phi) is 3.66. The molecule has 142 valence electrons. The van der Waals surface area contributed by atoms with E-state index in [0.29, 0.717) is 6.42 Å². The van der Waals surface area contributed by atoms with Gasteiger partial charge in [-0.25, -0.2) is 0 Å². The van der Waals surface area contributed by atoms with Crippen LogP contribution in [0.2, 0.25) is 0 Å².